The van der Waals surface area contributed by atoms with Gasteiger partial charge in [0.1, 0.15) is 5.76 Å². The summed E-state index contributed by atoms with van der Waals surface area (Å²) >= 11 is 2.11. The molecular formula is C7H11IO3. The van der Waals surface area contributed by atoms with Gasteiger partial charge in [-0.15, -0.1) is 0 Å². The summed E-state index contributed by atoms with van der Waals surface area (Å²) in [6.45, 7) is 2.16. The molecule has 0 aromatic rings. The lowest BCUT2D eigenvalue weighted by atomic mass is 10.5. The molecule has 0 amide bonds. The third kappa shape index (κ3) is 5.06. The van der Waals surface area contributed by atoms with Crippen molar-refractivity contribution in [2.24, 2.45) is 0 Å². The van der Waals surface area contributed by atoms with Gasteiger partial charge >= 0.3 is 5.97 Å². The molecule has 0 aromatic carbocycles. The van der Waals surface area contributed by atoms with E-state index >= 15 is 0 Å². The molecular weight excluding hydrogens is 259 g/mol. The van der Waals surface area contributed by atoms with E-state index in [1.165, 1.54) is 13.2 Å². The van der Waals surface area contributed by atoms with Gasteiger partial charge < -0.3 is 9.47 Å². The molecule has 0 aliphatic heterocycles. The Balaban J connectivity index is 3.93. The van der Waals surface area contributed by atoms with Crippen LogP contribution in [0.4, 0.5) is 0 Å². The maximum absolute atomic E-state index is 10.8. The van der Waals surface area contributed by atoms with E-state index in [1.54, 1.807) is 6.92 Å². The van der Waals surface area contributed by atoms with Crippen LogP contribution >= 0.6 is 22.6 Å². The predicted octanol–water partition coefficient (Wildman–Crippen LogP) is 1.51. The quantitative estimate of drug-likeness (QED) is 0.255. The van der Waals surface area contributed by atoms with E-state index in [4.69, 9.17) is 4.74 Å². The Hall–Kier alpha value is -0.260. The molecule has 0 aliphatic rings. The van der Waals surface area contributed by atoms with Crippen molar-refractivity contribution in [3.05, 3.63) is 11.8 Å². The fraction of sp³-hybridized carbons (Fsp3) is 0.571. The van der Waals surface area contributed by atoms with E-state index in [1.807, 2.05) is 0 Å². The lowest BCUT2D eigenvalue weighted by Crippen LogP contribution is -2.02. The summed E-state index contributed by atoms with van der Waals surface area (Å²) in [5.41, 5.74) is 0. The number of alkyl halides is 1. The Labute approximate surface area is 79.9 Å². The largest absolute Gasteiger partial charge is 0.500 e. The first-order chi connectivity index (χ1) is 5.24. The SMILES string of the molecule is CCOC(=O)C=C(CI)OC. The van der Waals surface area contributed by atoms with Crippen molar-refractivity contribution in [3.63, 3.8) is 0 Å². The number of methoxy groups -OCH3 is 1. The Morgan fingerprint density at radius 1 is 1.64 bits per heavy atom. The zero-order valence-corrected chi connectivity index (χ0v) is 8.75. The summed E-state index contributed by atoms with van der Waals surface area (Å²) in [5.74, 6) is 0.282. The molecule has 0 spiro atoms. The summed E-state index contributed by atoms with van der Waals surface area (Å²) in [6, 6.07) is 0. The second kappa shape index (κ2) is 6.45. The Kier molecular flexibility index (Phi) is 6.30. The standard InChI is InChI=1S/C7H11IO3/c1-3-11-7(9)4-6(5-8)10-2/h4H,3,5H2,1-2H3. The molecule has 0 aliphatic carbocycles. The van der Waals surface area contributed by atoms with Crippen molar-refractivity contribution in [2.45, 2.75) is 6.92 Å². The highest BCUT2D eigenvalue weighted by molar-refractivity contribution is 14.1. The zero-order valence-electron chi connectivity index (χ0n) is 6.59. The van der Waals surface area contributed by atoms with Gasteiger partial charge in [-0.1, -0.05) is 22.6 Å². The van der Waals surface area contributed by atoms with Gasteiger partial charge in [0, 0.05) is 0 Å². The van der Waals surface area contributed by atoms with Crippen molar-refractivity contribution < 1.29 is 14.3 Å². The van der Waals surface area contributed by atoms with Crippen LogP contribution < -0.4 is 0 Å². The van der Waals surface area contributed by atoms with Gasteiger partial charge in [0.15, 0.2) is 0 Å². The van der Waals surface area contributed by atoms with Crippen LogP contribution in [0.5, 0.6) is 0 Å². The number of halogens is 1. The van der Waals surface area contributed by atoms with Gasteiger partial charge in [0.25, 0.3) is 0 Å². The topological polar surface area (TPSA) is 35.5 Å². The van der Waals surface area contributed by atoms with Crippen LogP contribution in [0.1, 0.15) is 6.92 Å². The first-order valence-corrected chi connectivity index (χ1v) is 4.74. The first kappa shape index (κ1) is 10.7. The molecule has 11 heavy (non-hydrogen) atoms. The highest BCUT2D eigenvalue weighted by Gasteiger charge is 1.99. The van der Waals surface area contributed by atoms with Crippen LogP contribution in [0.2, 0.25) is 0 Å². The minimum absolute atomic E-state index is 0.346. The molecule has 0 saturated carbocycles. The monoisotopic (exact) mass is 270 g/mol. The molecule has 0 heterocycles. The van der Waals surface area contributed by atoms with Crippen LogP contribution in [0.25, 0.3) is 0 Å². The summed E-state index contributed by atoms with van der Waals surface area (Å²) in [4.78, 5) is 10.8. The van der Waals surface area contributed by atoms with Gasteiger partial charge in [-0.25, -0.2) is 4.79 Å². The molecule has 0 atom stereocenters. The molecule has 0 aromatic heterocycles. The van der Waals surface area contributed by atoms with Crippen LogP contribution in [-0.4, -0.2) is 24.1 Å². The highest BCUT2D eigenvalue weighted by Crippen LogP contribution is 2.00. The van der Waals surface area contributed by atoms with Crippen molar-refractivity contribution >= 4 is 28.6 Å². The molecule has 0 saturated heterocycles. The van der Waals surface area contributed by atoms with Crippen LogP contribution in [0.3, 0.4) is 0 Å². The van der Waals surface area contributed by atoms with Crippen LogP contribution in [-0.2, 0) is 14.3 Å². The molecule has 0 radical (unpaired) electrons. The highest BCUT2D eigenvalue weighted by atomic mass is 127. The minimum Gasteiger partial charge on any atom is -0.500 e. The maximum Gasteiger partial charge on any atom is 0.334 e. The fourth-order valence-corrected chi connectivity index (χ4v) is 0.999. The van der Waals surface area contributed by atoms with Gasteiger partial charge in [0.05, 0.1) is 24.2 Å². The number of ether oxygens (including phenoxy) is 2. The van der Waals surface area contributed by atoms with Crippen LogP contribution in [0, 0.1) is 0 Å². The molecule has 0 unspecified atom stereocenters. The average Bonchev–Trinajstić information content (AvgIpc) is 2.01. The van der Waals surface area contributed by atoms with E-state index in [0.29, 0.717) is 16.8 Å². The molecule has 4 heteroatoms. The number of hydrogen-bond donors (Lipinski definition) is 0. The lowest BCUT2D eigenvalue weighted by Gasteiger charge is -2.00. The number of carbonyl (C=O) groups excluding carboxylic acids is 1. The third-order valence-corrected chi connectivity index (χ3v) is 1.71. The lowest BCUT2D eigenvalue weighted by molar-refractivity contribution is -0.137. The summed E-state index contributed by atoms with van der Waals surface area (Å²) in [7, 11) is 1.53. The van der Waals surface area contributed by atoms with E-state index in [2.05, 4.69) is 27.3 Å². The smallest absolute Gasteiger partial charge is 0.334 e. The number of allylic oxidation sites excluding steroid dienone is 1. The van der Waals surface area contributed by atoms with Crippen LogP contribution in [0.15, 0.2) is 11.8 Å². The minimum atomic E-state index is -0.346. The Morgan fingerprint density at radius 2 is 2.27 bits per heavy atom. The third-order valence-electron chi connectivity index (χ3n) is 0.959. The van der Waals surface area contributed by atoms with Crippen molar-refractivity contribution in [2.75, 3.05) is 18.1 Å². The second-order valence-electron chi connectivity index (χ2n) is 1.70. The van der Waals surface area contributed by atoms with Gasteiger partial charge in [-0.2, -0.15) is 0 Å². The van der Waals surface area contributed by atoms with Gasteiger partial charge in [-0.05, 0) is 6.92 Å². The van der Waals surface area contributed by atoms with Crippen molar-refractivity contribution in [3.8, 4) is 0 Å². The second-order valence-corrected chi connectivity index (χ2v) is 2.46. The number of esters is 1. The zero-order chi connectivity index (χ0) is 8.69. The normalized spacial score (nSPS) is 11.0. The fourth-order valence-electron chi connectivity index (χ4n) is 0.467. The molecule has 0 N–H and O–H groups in total. The Morgan fingerprint density at radius 3 is 2.64 bits per heavy atom. The number of rotatable bonds is 4. The maximum atomic E-state index is 10.8. The first-order valence-electron chi connectivity index (χ1n) is 3.21. The summed E-state index contributed by atoms with van der Waals surface area (Å²) < 4.78 is 10.2. The molecule has 0 bridgehead atoms. The van der Waals surface area contributed by atoms with Crippen molar-refractivity contribution in [1.82, 2.24) is 0 Å². The Bertz CT molecular complexity index is 148. The van der Waals surface area contributed by atoms with E-state index in [-0.39, 0.29) is 5.97 Å². The van der Waals surface area contributed by atoms with Gasteiger partial charge in [0.2, 0.25) is 0 Å². The number of carbonyl (C=O) groups is 1. The average molecular weight is 270 g/mol. The molecule has 3 nitrogen and oxygen atoms in total. The van der Waals surface area contributed by atoms with Crippen molar-refractivity contribution in [1.29, 1.82) is 0 Å². The summed E-state index contributed by atoms with van der Waals surface area (Å²) in [5, 5.41) is 0. The molecule has 0 fully saturated rings. The molecule has 64 valence electrons. The van der Waals surface area contributed by atoms with E-state index in [9.17, 15) is 4.79 Å². The van der Waals surface area contributed by atoms with E-state index < -0.39 is 0 Å². The van der Waals surface area contributed by atoms with E-state index in [0.717, 1.165) is 0 Å². The molecule has 0 rings (SSSR count). The predicted molar refractivity (Wildman–Crippen MR) is 50.6 cm³/mol. The summed E-state index contributed by atoms with van der Waals surface area (Å²) in [6.07, 6.45) is 1.36. The van der Waals surface area contributed by atoms with Gasteiger partial charge in [-0.3, -0.25) is 0 Å². The number of hydrogen-bond acceptors (Lipinski definition) is 3.